The second-order valence-corrected chi connectivity index (χ2v) is 7.26. The van der Waals surface area contributed by atoms with E-state index in [0.717, 1.165) is 5.69 Å². The molecule has 0 radical (unpaired) electrons. The Morgan fingerprint density at radius 2 is 1.67 bits per heavy atom. The Labute approximate surface area is 145 Å². The largest absolute Gasteiger partial charge is 0.399 e. The molecule has 0 unspecified atom stereocenters. The highest BCUT2D eigenvalue weighted by atomic mass is 32.1. The van der Waals surface area contributed by atoms with Gasteiger partial charge in [-0.2, -0.15) is 0 Å². The number of fused-ring (bicyclic) bond motifs is 2. The van der Waals surface area contributed by atoms with Gasteiger partial charge in [0.05, 0.1) is 0 Å². The molecular weight excluding hydrogens is 312 g/mol. The smallest absolute Gasteiger partial charge is 0.200 e. The third-order valence-corrected chi connectivity index (χ3v) is 5.42. The molecule has 0 bridgehead atoms. The summed E-state index contributed by atoms with van der Waals surface area (Å²) in [6.07, 6.45) is 0. The van der Waals surface area contributed by atoms with E-state index in [2.05, 4.69) is 79.3 Å². The van der Waals surface area contributed by atoms with Crippen molar-refractivity contribution in [1.29, 1.82) is 0 Å². The summed E-state index contributed by atoms with van der Waals surface area (Å²) < 4.78 is 3.36. The molecule has 1 aliphatic heterocycles. The zero-order chi connectivity index (χ0) is 16.7. The molecule has 2 nitrogen and oxygen atoms in total. The van der Waals surface area contributed by atoms with Crippen LogP contribution in [0.5, 0.6) is 0 Å². The van der Waals surface area contributed by atoms with Crippen LogP contribution in [0.3, 0.4) is 0 Å². The van der Waals surface area contributed by atoms with Crippen LogP contribution in [-0.2, 0) is 0 Å². The highest BCUT2D eigenvalue weighted by Crippen LogP contribution is 2.43. The lowest BCUT2D eigenvalue weighted by molar-refractivity contribution is 0.814. The van der Waals surface area contributed by atoms with Crippen molar-refractivity contribution in [2.24, 2.45) is 0 Å². The normalized spacial score (nSPS) is 11.1. The monoisotopic (exact) mass is 331 g/mol. The number of anilines is 1. The Bertz CT molecular complexity index is 1070. The molecule has 0 saturated heterocycles. The lowest BCUT2D eigenvalue weighted by atomic mass is 9.95. The summed E-state index contributed by atoms with van der Waals surface area (Å²) in [6.45, 7) is 0. The van der Waals surface area contributed by atoms with Crippen LogP contribution < -0.4 is 15.7 Å². The number of hydrogen-bond donors (Lipinski definition) is 1. The molecule has 1 heterocycles. The predicted octanol–water partition coefficient (Wildman–Crippen LogP) is 4.29. The van der Waals surface area contributed by atoms with Crippen LogP contribution in [0, 0.1) is 0 Å². The summed E-state index contributed by atoms with van der Waals surface area (Å²) in [5, 5.41) is 2.46. The first-order chi connectivity index (χ1) is 11.6. The molecule has 3 heteroatoms. The average molecular weight is 331 g/mol. The fourth-order valence-electron chi connectivity index (χ4n) is 3.09. The first-order valence-electron chi connectivity index (χ1n) is 7.95. The van der Waals surface area contributed by atoms with Gasteiger partial charge in [0.25, 0.3) is 0 Å². The molecule has 2 aliphatic rings. The fourth-order valence-corrected chi connectivity index (χ4v) is 4.26. The van der Waals surface area contributed by atoms with Crippen molar-refractivity contribution in [3.05, 3.63) is 72.1 Å². The van der Waals surface area contributed by atoms with E-state index in [4.69, 9.17) is 5.73 Å². The summed E-state index contributed by atoms with van der Waals surface area (Å²) in [6, 6.07) is 23.5. The minimum absolute atomic E-state index is 0.806. The molecule has 24 heavy (non-hydrogen) atoms. The van der Waals surface area contributed by atoms with E-state index in [9.17, 15) is 0 Å². The van der Waals surface area contributed by atoms with Gasteiger partial charge >= 0.3 is 0 Å². The zero-order valence-corrected chi connectivity index (χ0v) is 14.6. The lowest BCUT2D eigenvalue weighted by Gasteiger charge is -2.15. The van der Waals surface area contributed by atoms with Gasteiger partial charge in [-0.05, 0) is 29.3 Å². The number of nitrogens with zero attached hydrogens (tertiary/aromatic N) is 1. The predicted molar refractivity (Wildman–Crippen MR) is 105 cm³/mol. The van der Waals surface area contributed by atoms with Gasteiger partial charge in [0.15, 0.2) is 0 Å². The van der Waals surface area contributed by atoms with Crippen molar-refractivity contribution in [3.63, 3.8) is 0 Å². The van der Waals surface area contributed by atoms with Gasteiger partial charge in [-0.15, -0.1) is 11.3 Å². The second kappa shape index (κ2) is 5.77. The highest BCUT2D eigenvalue weighted by Gasteiger charge is 2.16. The summed E-state index contributed by atoms with van der Waals surface area (Å²) >= 11 is 1.80. The molecule has 0 saturated carbocycles. The number of rotatable bonds is 1. The summed E-state index contributed by atoms with van der Waals surface area (Å²) in [4.78, 5) is 1.28. The van der Waals surface area contributed by atoms with E-state index in [-0.39, 0.29) is 0 Å². The fraction of sp³-hybridized carbons (Fsp3) is 0.0952. The Morgan fingerprint density at radius 1 is 0.875 bits per heavy atom. The Hall–Kier alpha value is -2.65. The van der Waals surface area contributed by atoms with Crippen molar-refractivity contribution in [2.75, 3.05) is 19.8 Å². The van der Waals surface area contributed by atoms with Crippen LogP contribution in [0.25, 0.3) is 31.7 Å². The van der Waals surface area contributed by atoms with E-state index < -0.39 is 0 Å². The average Bonchev–Trinajstić information content (AvgIpc) is 2.59. The maximum Gasteiger partial charge on any atom is 0.200 e. The van der Waals surface area contributed by atoms with Crippen LogP contribution in [-0.4, -0.2) is 14.1 Å². The van der Waals surface area contributed by atoms with E-state index in [1.807, 2.05) is 6.07 Å². The van der Waals surface area contributed by atoms with E-state index in [1.54, 1.807) is 11.3 Å². The minimum atomic E-state index is 0.806. The molecule has 0 spiro atoms. The van der Waals surface area contributed by atoms with Crippen LogP contribution in [0.4, 0.5) is 5.69 Å². The van der Waals surface area contributed by atoms with Gasteiger partial charge in [0.2, 0.25) is 5.36 Å². The molecule has 0 aromatic heterocycles. The third kappa shape index (κ3) is 2.47. The minimum Gasteiger partial charge on any atom is -0.399 e. The number of nitrogen functional groups attached to an aromatic ring is 1. The molecule has 4 rings (SSSR count). The maximum absolute atomic E-state index is 6.03. The Kier molecular flexibility index (Phi) is 3.58. The van der Waals surface area contributed by atoms with Crippen molar-refractivity contribution in [2.45, 2.75) is 0 Å². The molecular formula is C21H19N2S+. The maximum atomic E-state index is 6.03. The lowest BCUT2D eigenvalue weighted by Crippen LogP contribution is -2.21. The standard InChI is InChI=1S/C21H18N2S/c1-23(2)16-9-11-18-20(13-16)24-19-12-15(22)8-10-17(19)21(18)14-6-4-3-5-7-14/h3-13,22H,1-2H3/p+1. The molecule has 2 aromatic rings. The second-order valence-electron chi connectivity index (χ2n) is 6.17. The van der Waals surface area contributed by atoms with Gasteiger partial charge in [-0.1, -0.05) is 36.4 Å². The van der Waals surface area contributed by atoms with Crippen LogP contribution in [0.1, 0.15) is 0 Å². The first-order valence-corrected chi connectivity index (χ1v) is 8.77. The van der Waals surface area contributed by atoms with E-state index in [0.29, 0.717) is 0 Å². The van der Waals surface area contributed by atoms with Crippen LogP contribution in [0.2, 0.25) is 0 Å². The Morgan fingerprint density at radius 3 is 2.42 bits per heavy atom. The van der Waals surface area contributed by atoms with Gasteiger partial charge in [0, 0.05) is 38.3 Å². The molecule has 0 amide bonds. The number of nitrogens with two attached hydrogens (primary N) is 1. The van der Waals surface area contributed by atoms with Gasteiger partial charge in [-0.3, -0.25) is 0 Å². The van der Waals surface area contributed by atoms with Gasteiger partial charge in [-0.25, -0.2) is 4.58 Å². The highest BCUT2D eigenvalue weighted by molar-refractivity contribution is 7.21. The van der Waals surface area contributed by atoms with Crippen LogP contribution in [0.15, 0.2) is 66.7 Å². The molecule has 1 aliphatic carbocycles. The number of hydrogen-bond acceptors (Lipinski definition) is 2. The summed E-state index contributed by atoms with van der Waals surface area (Å²) in [7, 11) is 4.14. The molecule has 0 fully saturated rings. The molecule has 2 N–H and O–H groups in total. The van der Waals surface area contributed by atoms with E-state index >= 15 is 0 Å². The number of benzene rings is 3. The van der Waals surface area contributed by atoms with Gasteiger partial charge in [0.1, 0.15) is 14.1 Å². The molecule has 0 atom stereocenters. The molecule has 2 aromatic carbocycles. The van der Waals surface area contributed by atoms with Crippen molar-refractivity contribution < 1.29 is 0 Å². The van der Waals surface area contributed by atoms with Crippen molar-refractivity contribution >= 4 is 27.1 Å². The topological polar surface area (TPSA) is 29.0 Å². The third-order valence-electron chi connectivity index (χ3n) is 4.31. The summed E-state index contributed by atoms with van der Waals surface area (Å²) in [5.74, 6) is 0. The Balaban J connectivity index is 2.19. The van der Waals surface area contributed by atoms with Crippen LogP contribution >= 0.6 is 11.3 Å². The summed E-state index contributed by atoms with van der Waals surface area (Å²) in [5.41, 5.74) is 10.6. The zero-order valence-electron chi connectivity index (χ0n) is 13.8. The molecule has 118 valence electrons. The quantitative estimate of drug-likeness (QED) is 0.315. The SMILES string of the molecule is C[N+](C)=c1ccc2c(-c3ccccc3)c3ccc(N)cc3sc-2c1. The first kappa shape index (κ1) is 14.9. The van der Waals surface area contributed by atoms with E-state index in [1.165, 1.54) is 37.0 Å². The van der Waals surface area contributed by atoms with Crippen molar-refractivity contribution in [3.8, 4) is 21.6 Å². The van der Waals surface area contributed by atoms with Crippen molar-refractivity contribution in [1.82, 2.24) is 4.58 Å². The van der Waals surface area contributed by atoms with Gasteiger partial charge < -0.3 is 5.73 Å².